The highest BCUT2D eigenvalue weighted by molar-refractivity contribution is 7.14. The highest BCUT2D eigenvalue weighted by Gasteiger charge is 2.16. The number of rotatable bonds is 5. The summed E-state index contributed by atoms with van der Waals surface area (Å²) < 4.78 is 5.91. The molecule has 2 aromatic rings. The molecule has 1 aliphatic rings. The van der Waals surface area contributed by atoms with Crippen molar-refractivity contribution in [3.63, 3.8) is 0 Å². The maximum absolute atomic E-state index is 12.2. The Labute approximate surface area is 146 Å². The lowest BCUT2D eigenvalue weighted by Crippen LogP contribution is -2.19. The van der Waals surface area contributed by atoms with Crippen molar-refractivity contribution in [2.24, 2.45) is 5.10 Å². The number of nitrogens with one attached hydrogen (secondary N) is 1. The van der Waals surface area contributed by atoms with Gasteiger partial charge in [0.2, 0.25) is 0 Å². The van der Waals surface area contributed by atoms with Gasteiger partial charge in [0.05, 0.1) is 16.7 Å². The molecule has 0 aliphatic heterocycles. The molecule has 4 nitrogen and oxygen atoms in total. The molecule has 1 aliphatic carbocycles. The molecule has 1 heterocycles. The molecule has 1 aromatic heterocycles. The Morgan fingerprint density at radius 3 is 2.50 bits per heavy atom. The van der Waals surface area contributed by atoms with E-state index in [1.165, 1.54) is 17.7 Å². The Morgan fingerprint density at radius 2 is 1.88 bits per heavy atom. The lowest BCUT2D eigenvalue weighted by Gasteiger charge is -2.13. The van der Waals surface area contributed by atoms with Gasteiger partial charge in [0.25, 0.3) is 5.91 Å². The fourth-order valence-corrected chi connectivity index (χ4v) is 3.58. The number of nitrogens with zero attached hydrogens (tertiary/aromatic N) is 1. The van der Waals surface area contributed by atoms with Crippen LogP contribution in [0.25, 0.3) is 0 Å². The first-order chi connectivity index (χ1) is 11.6. The maximum atomic E-state index is 12.2. The van der Waals surface area contributed by atoms with E-state index in [-0.39, 0.29) is 5.91 Å². The minimum Gasteiger partial charge on any atom is -0.490 e. The molecule has 5 heteroatoms. The van der Waals surface area contributed by atoms with Crippen molar-refractivity contribution < 1.29 is 9.53 Å². The van der Waals surface area contributed by atoms with Gasteiger partial charge in [-0.3, -0.25) is 4.79 Å². The van der Waals surface area contributed by atoms with Gasteiger partial charge in [-0.1, -0.05) is 0 Å². The zero-order valence-electron chi connectivity index (χ0n) is 14.0. The minimum atomic E-state index is -0.213. The molecule has 1 fully saturated rings. The van der Waals surface area contributed by atoms with Crippen LogP contribution in [0.4, 0.5) is 0 Å². The second-order valence-corrected chi connectivity index (χ2v) is 7.39. The normalized spacial score (nSPS) is 15.5. The molecule has 0 unspecified atom stereocenters. The second-order valence-electron chi connectivity index (χ2n) is 6.10. The van der Waals surface area contributed by atoms with Crippen LogP contribution < -0.4 is 10.2 Å². The number of carbonyl (C=O) groups excluding carboxylic acids is 1. The molecule has 1 saturated carbocycles. The molecule has 126 valence electrons. The van der Waals surface area contributed by atoms with Crippen molar-refractivity contribution in [3.05, 3.63) is 51.7 Å². The van der Waals surface area contributed by atoms with Crippen molar-refractivity contribution in [1.82, 2.24) is 5.43 Å². The lowest BCUT2D eigenvalue weighted by atomic mass is 10.2. The van der Waals surface area contributed by atoms with Crippen molar-refractivity contribution in [1.29, 1.82) is 0 Å². The quantitative estimate of drug-likeness (QED) is 0.641. The van der Waals surface area contributed by atoms with Gasteiger partial charge < -0.3 is 4.74 Å². The standard InChI is InChI=1S/C19H22N2O2S/c1-13-7-12-18(24-13)14(2)20-21-19(22)15-8-10-17(11-9-15)23-16-5-3-4-6-16/h7-12,16H,3-6H2,1-2H3,(H,21,22)/b20-14+. The molecular formula is C19H22N2O2S. The predicted octanol–water partition coefficient (Wildman–Crippen LogP) is 4.53. The zero-order chi connectivity index (χ0) is 16.9. The average molecular weight is 342 g/mol. The van der Waals surface area contributed by atoms with Crippen LogP contribution in [-0.4, -0.2) is 17.7 Å². The van der Waals surface area contributed by atoms with Gasteiger partial charge in [-0.2, -0.15) is 5.10 Å². The Morgan fingerprint density at radius 1 is 1.17 bits per heavy atom. The number of benzene rings is 1. The van der Waals surface area contributed by atoms with Crippen molar-refractivity contribution in [3.8, 4) is 5.75 Å². The van der Waals surface area contributed by atoms with Gasteiger partial charge >= 0.3 is 0 Å². The number of hydrogen-bond donors (Lipinski definition) is 1. The number of thiophene rings is 1. The van der Waals surface area contributed by atoms with Crippen molar-refractivity contribution in [2.45, 2.75) is 45.6 Å². The first-order valence-corrected chi connectivity index (χ1v) is 9.11. The Balaban J connectivity index is 1.58. The Kier molecular flexibility index (Phi) is 5.30. The molecule has 0 radical (unpaired) electrons. The maximum Gasteiger partial charge on any atom is 0.271 e. The average Bonchev–Trinajstić information content (AvgIpc) is 3.24. The van der Waals surface area contributed by atoms with Crippen LogP contribution in [0.1, 0.15) is 52.7 Å². The first-order valence-electron chi connectivity index (χ1n) is 8.30. The molecule has 0 bridgehead atoms. The fourth-order valence-electron chi connectivity index (χ4n) is 2.77. The van der Waals surface area contributed by atoms with Crippen LogP contribution in [0.3, 0.4) is 0 Å². The van der Waals surface area contributed by atoms with Gasteiger partial charge in [-0.25, -0.2) is 5.43 Å². The number of carbonyl (C=O) groups is 1. The summed E-state index contributed by atoms with van der Waals surface area (Å²) in [5.74, 6) is 0.613. The van der Waals surface area contributed by atoms with Crippen LogP contribution in [0, 0.1) is 6.92 Å². The topological polar surface area (TPSA) is 50.7 Å². The van der Waals surface area contributed by atoms with E-state index in [4.69, 9.17) is 4.74 Å². The minimum absolute atomic E-state index is 0.213. The molecule has 0 saturated heterocycles. The second kappa shape index (κ2) is 7.62. The van der Waals surface area contributed by atoms with E-state index in [9.17, 15) is 4.79 Å². The first kappa shape index (κ1) is 16.7. The number of aryl methyl sites for hydroxylation is 1. The molecule has 3 rings (SSSR count). The van der Waals surface area contributed by atoms with E-state index >= 15 is 0 Å². The summed E-state index contributed by atoms with van der Waals surface area (Å²) in [6.07, 6.45) is 5.06. The highest BCUT2D eigenvalue weighted by Crippen LogP contribution is 2.24. The van der Waals surface area contributed by atoms with E-state index in [1.807, 2.05) is 31.2 Å². The predicted molar refractivity (Wildman–Crippen MR) is 98.1 cm³/mol. The van der Waals surface area contributed by atoms with Crippen molar-refractivity contribution >= 4 is 23.0 Å². The molecule has 0 atom stereocenters. The molecule has 0 spiro atoms. The monoisotopic (exact) mass is 342 g/mol. The van der Waals surface area contributed by atoms with E-state index in [1.54, 1.807) is 23.5 Å². The summed E-state index contributed by atoms with van der Waals surface area (Å²) in [5.41, 5.74) is 4.00. The number of hydrazone groups is 1. The van der Waals surface area contributed by atoms with Gasteiger partial charge in [0, 0.05) is 10.4 Å². The Bertz CT molecular complexity index is 728. The molecule has 1 N–H and O–H groups in total. The third kappa shape index (κ3) is 4.23. The smallest absolute Gasteiger partial charge is 0.271 e. The van der Waals surface area contributed by atoms with Crippen LogP contribution >= 0.6 is 11.3 Å². The zero-order valence-corrected chi connectivity index (χ0v) is 14.9. The summed E-state index contributed by atoms with van der Waals surface area (Å²) in [6.45, 7) is 3.94. The summed E-state index contributed by atoms with van der Waals surface area (Å²) in [7, 11) is 0. The SMILES string of the molecule is C/C(=N\NC(=O)c1ccc(OC2CCCC2)cc1)c1ccc(C)s1. The van der Waals surface area contributed by atoms with Gasteiger partial charge in [0.15, 0.2) is 0 Å². The summed E-state index contributed by atoms with van der Waals surface area (Å²) in [6, 6.07) is 11.3. The molecular weight excluding hydrogens is 320 g/mol. The third-order valence-electron chi connectivity index (χ3n) is 4.14. The Hall–Kier alpha value is -2.14. The third-order valence-corrected chi connectivity index (χ3v) is 5.25. The van der Waals surface area contributed by atoms with E-state index in [0.717, 1.165) is 29.2 Å². The number of ether oxygens (including phenoxy) is 1. The number of hydrogen-bond acceptors (Lipinski definition) is 4. The van der Waals surface area contributed by atoms with Crippen LogP contribution in [0.5, 0.6) is 5.75 Å². The van der Waals surface area contributed by atoms with E-state index < -0.39 is 0 Å². The molecule has 1 aromatic carbocycles. The summed E-state index contributed by atoms with van der Waals surface area (Å²) in [4.78, 5) is 14.5. The highest BCUT2D eigenvalue weighted by atomic mass is 32.1. The van der Waals surface area contributed by atoms with Crippen molar-refractivity contribution in [2.75, 3.05) is 0 Å². The summed E-state index contributed by atoms with van der Waals surface area (Å²) >= 11 is 1.66. The van der Waals surface area contributed by atoms with E-state index in [0.29, 0.717) is 11.7 Å². The summed E-state index contributed by atoms with van der Waals surface area (Å²) in [5, 5.41) is 4.19. The largest absolute Gasteiger partial charge is 0.490 e. The van der Waals surface area contributed by atoms with Gasteiger partial charge in [-0.15, -0.1) is 11.3 Å². The molecule has 24 heavy (non-hydrogen) atoms. The molecule has 1 amide bonds. The van der Waals surface area contributed by atoms with Crippen LogP contribution in [0.15, 0.2) is 41.5 Å². The van der Waals surface area contributed by atoms with Gasteiger partial charge in [0.1, 0.15) is 5.75 Å². The fraction of sp³-hybridized carbons (Fsp3) is 0.368. The van der Waals surface area contributed by atoms with Crippen LogP contribution in [0.2, 0.25) is 0 Å². The van der Waals surface area contributed by atoms with Gasteiger partial charge in [-0.05, 0) is 75.9 Å². The van der Waals surface area contributed by atoms with Crippen LogP contribution in [-0.2, 0) is 0 Å². The number of amides is 1. The van der Waals surface area contributed by atoms with E-state index in [2.05, 4.69) is 17.5 Å². The lowest BCUT2D eigenvalue weighted by molar-refractivity contribution is 0.0955.